The van der Waals surface area contributed by atoms with Crippen LogP contribution < -0.4 is 0 Å². The highest BCUT2D eigenvalue weighted by Crippen LogP contribution is 2.57. The third-order valence-electron chi connectivity index (χ3n) is 2.55. The fourth-order valence-electron chi connectivity index (χ4n) is 1.70. The van der Waals surface area contributed by atoms with Gasteiger partial charge < -0.3 is 9.84 Å². The highest BCUT2D eigenvalue weighted by Gasteiger charge is 2.68. The molecule has 1 aliphatic carbocycles. The Hall–Kier alpha value is -1.06. The topological polar surface area (TPSA) is 63.6 Å². The van der Waals surface area contributed by atoms with Crippen molar-refractivity contribution in [2.24, 2.45) is 11.3 Å². The monoisotopic (exact) mass is 156 g/mol. The summed E-state index contributed by atoms with van der Waals surface area (Å²) in [6, 6.07) is 0. The normalized spacial score (nSPS) is 40.7. The predicted octanol–water partition coefficient (Wildman–Crippen LogP) is 0.0242. The van der Waals surface area contributed by atoms with Gasteiger partial charge in [0.15, 0.2) is 5.41 Å². The van der Waals surface area contributed by atoms with Crippen molar-refractivity contribution in [3.63, 3.8) is 0 Å². The van der Waals surface area contributed by atoms with E-state index in [0.717, 1.165) is 0 Å². The van der Waals surface area contributed by atoms with E-state index in [2.05, 4.69) is 4.74 Å². The molecule has 1 saturated carbocycles. The SMILES string of the molecule is O=C(O)[C@@]12C[C@@H]1CCOC2=O. The fourth-order valence-corrected chi connectivity index (χ4v) is 1.70. The van der Waals surface area contributed by atoms with E-state index >= 15 is 0 Å². The number of aliphatic carboxylic acids is 1. The summed E-state index contributed by atoms with van der Waals surface area (Å²) in [6.45, 7) is 0.387. The molecule has 0 radical (unpaired) electrons. The average Bonchev–Trinajstić information content (AvgIpc) is 2.64. The summed E-state index contributed by atoms with van der Waals surface area (Å²) in [5.74, 6) is -1.52. The van der Waals surface area contributed by atoms with Gasteiger partial charge in [0.05, 0.1) is 6.61 Å². The zero-order chi connectivity index (χ0) is 8.06. The lowest BCUT2D eigenvalue weighted by Gasteiger charge is -2.16. The van der Waals surface area contributed by atoms with Crippen LogP contribution in [0.15, 0.2) is 0 Å². The first kappa shape index (κ1) is 6.64. The Morgan fingerprint density at radius 2 is 2.45 bits per heavy atom. The van der Waals surface area contributed by atoms with Gasteiger partial charge in [-0.15, -0.1) is 0 Å². The summed E-state index contributed by atoms with van der Waals surface area (Å²) in [5.41, 5.74) is -1.14. The van der Waals surface area contributed by atoms with Crippen molar-refractivity contribution in [3.8, 4) is 0 Å². The first-order chi connectivity index (χ1) is 5.18. The molecule has 1 heterocycles. The number of carbonyl (C=O) groups is 2. The molecule has 0 spiro atoms. The zero-order valence-corrected chi connectivity index (χ0v) is 5.87. The van der Waals surface area contributed by atoms with Gasteiger partial charge in [-0.1, -0.05) is 0 Å². The molecule has 4 heteroatoms. The van der Waals surface area contributed by atoms with Crippen molar-refractivity contribution < 1.29 is 19.4 Å². The van der Waals surface area contributed by atoms with E-state index in [1.165, 1.54) is 0 Å². The Balaban J connectivity index is 2.27. The summed E-state index contributed by atoms with van der Waals surface area (Å²) in [6.07, 6.45) is 1.18. The second-order valence-electron chi connectivity index (χ2n) is 3.10. The van der Waals surface area contributed by atoms with Crippen molar-refractivity contribution in [1.82, 2.24) is 0 Å². The number of rotatable bonds is 1. The number of cyclic esters (lactones) is 1. The maximum Gasteiger partial charge on any atom is 0.323 e. The molecule has 2 atom stereocenters. The van der Waals surface area contributed by atoms with Gasteiger partial charge in [-0.25, -0.2) is 0 Å². The number of fused-ring (bicyclic) bond motifs is 1. The lowest BCUT2D eigenvalue weighted by molar-refractivity contribution is -0.165. The fraction of sp³-hybridized carbons (Fsp3) is 0.714. The largest absolute Gasteiger partial charge is 0.480 e. The standard InChI is InChI=1S/C7H8O4/c8-5(9)7-3-4(7)1-2-11-6(7)10/h4H,1-3H2,(H,8,9)/t4-,7+/m0/s1. The molecule has 0 amide bonds. The van der Waals surface area contributed by atoms with Crippen molar-refractivity contribution in [3.05, 3.63) is 0 Å². The Morgan fingerprint density at radius 3 is 2.91 bits per heavy atom. The number of esters is 1. The summed E-state index contributed by atoms with van der Waals surface area (Å²) in [4.78, 5) is 21.6. The second kappa shape index (κ2) is 1.75. The van der Waals surface area contributed by atoms with Gasteiger partial charge in [0.2, 0.25) is 0 Å². The van der Waals surface area contributed by atoms with E-state index in [0.29, 0.717) is 19.4 Å². The second-order valence-corrected chi connectivity index (χ2v) is 3.10. The molecular weight excluding hydrogens is 148 g/mol. The number of carboxylic acids is 1. The molecule has 0 aromatic rings. The molecular formula is C7H8O4. The summed E-state index contributed by atoms with van der Waals surface area (Å²) in [5, 5.41) is 8.71. The van der Waals surface area contributed by atoms with Gasteiger partial charge in [-0.05, 0) is 18.8 Å². The quantitative estimate of drug-likeness (QED) is 0.429. The number of hydrogen-bond acceptors (Lipinski definition) is 3. The van der Waals surface area contributed by atoms with Crippen molar-refractivity contribution in [2.45, 2.75) is 12.8 Å². The third kappa shape index (κ3) is 0.640. The highest BCUT2D eigenvalue weighted by atomic mass is 16.5. The van der Waals surface area contributed by atoms with E-state index in [-0.39, 0.29) is 5.92 Å². The van der Waals surface area contributed by atoms with Crippen LogP contribution in [-0.2, 0) is 14.3 Å². The van der Waals surface area contributed by atoms with Gasteiger partial charge in [0, 0.05) is 0 Å². The molecule has 11 heavy (non-hydrogen) atoms. The van der Waals surface area contributed by atoms with Crippen LogP contribution in [0.25, 0.3) is 0 Å². The van der Waals surface area contributed by atoms with Crippen LogP contribution in [-0.4, -0.2) is 23.7 Å². The first-order valence-electron chi connectivity index (χ1n) is 3.58. The molecule has 2 fully saturated rings. The minimum Gasteiger partial charge on any atom is -0.480 e. The van der Waals surface area contributed by atoms with Gasteiger partial charge in [-0.3, -0.25) is 9.59 Å². The Labute approximate surface area is 63.1 Å². The molecule has 2 aliphatic rings. The van der Waals surface area contributed by atoms with Gasteiger partial charge in [0.25, 0.3) is 0 Å². The van der Waals surface area contributed by atoms with Crippen molar-refractivity contribution >= 4 is 11.9 Å². The van der Waals surface area contributed by atoms with E-state index in [1.54, 1.807) is 0 Å². The van der Waals surface area contributed by atoms with Gasteiger partial charge >= 0.3 is 11.9 Å². The molecule has 2 rings (SSSR count). The van der Waals surface area contributed by atoms with Crippen LogP contribution in [0.1, 0.15) is 12.8 Å². The first-order valence-corrected chi connectivity index (χ1v) is 3.58. The van der Waals surface area contributed by atoms with Gasteiger partial charge in [0.1, 0.15) is 0 Å². The lowest BCUT2D eigenvalue weighted by Crippen LogP contribution is -2.33. The molecule has 0 aromatic heterocycles. The third-order valence-corrected chi connectivity index (χ3v) is 2.55. The predicted molar refractivity (Wildman–Crippen MR) is 33.8 cm³/mol. The van der Waals surface area contributed by atoms with Crippen LogP contribution in [0.4, 0.5) is 0 Å². The maximum atomic E-state index is 11.0. The Morgan fingerprint density at radius 1 is 1.73 bits per heavy atom. The molecule has 1 aliphatic heterocycles. The molecule has 1 saturated heterocycles. The Kier molecular flexibility index (Phi) is 1.06. The Bertz CT molecular complexity index is 235. The molecule has 0 aromatic carbocycles. The molecule has 1 N–H and O–H groups in total. The van der Waals surface area contributed by atoms with Crippen LogP contribution in [0, 0.1) is 11.3 Å². The summed E-state index contributed by atoms with van der Waals surface area (Å²) in [7, 11) is 0. The van der Waals surface area contributed by atoms with Crippen LogP contribution >= 0.6 is 0 Å². The van der Waals surface area contributed by atoms with E-state index in [1.807, 2.05) is 0 Å². The number of carbonyl (C=O) groups excluding carboxylic acids is 1. The van der Waals surface area contributed by atoms with E-state index in [4.69, 9.17) is 5.11 Å². The zero-order valence-electron chi connectivity index (χ0n) is 5.87. The minimum atomic E-state index is -1.14. The smallest absolute Gasteiger partial charge is 0.323 e. The number of carboxylic acid groups (broad SMARTS) is 1. The maximum absolute atomic E-state index is 11.0. The van der Waals surface area contributed by atoms with Crippen LogP contribution in [0.5, 0.6) is 0 Å². The summed E-state index contributed by atoms with van der Waals surface area (Å²) >= 11 is 0. The lowest BCUT2D eigenvalue weighted by atomic mass is 10.0. The van der Waals surface area contributed by atoms with Crippen molar-refractivity contribution in [2.75, 3.05) is 6.61 Å². The number of ether oxygens (including phenoxy) is 1. The number of hydrogen-bond donors (Lipinski definition) is 1. The average molecular weight is 156 g/mol. The minimum absolute atomic E-state index is 0.0428. The molecule has 0 unspecified atom stereocenters. The summed E-state index contributed by atoms with van der Waals surface area (Å²) < 4.78 is 4.68. The molecule has 0 bridgehead atoms. The van der Waals surface area contributed by atoms with Crippen molar-refractivity contribution in [1.29, 1.82) is 0 Å². The van der Waals surface area contributed by atoms with Gasteiger partial charge in [-0.2, -0.15) is 0 Å². The molecule has 60 valence electrons. The van der Waals surface area contributed by atoms with Crippen LogP contribution in [0.3, 0.4) is 0 Å². The van der Waals surface area contributed by atoms with E-state index < -0.39 is 17.4 Å². The highest BCUT2D eigenvalue weighted by molar-refractivity contribution is 6.03. The molecule has 4 nitrogen and oxygen atoms in total. The van der Waals surface area contributed by atoms with E-state index in [9.17, 15) is 9.59 Å². The van der Waals surface area contributed by atoms with Crippen LogP contribution in [0.2, 0.25) is 0 Å².